The van der Waals surface area contributed by atoms with E-state index in [-0.39, 0.29) is 44.6 Å². The second kappa shape index (κ2) is 10.2. The molecule has 190 valence electrons. The Hall–Kier alpha value is -4.39. The molecule has 2 heterocycles. The molecule has 2 aliphatic rings. The molecule has 5 rings (SSSR count). The van der Waals surface area contributed by atoms with Crippen LogP contribution in [-0.4, -0.2) is 29.1 Å². The molecular formula is C27H18Cl2FN5O3. The third-order valence-corrected chi connectivity index (χ3v) is 6.58. The second-order valence-corrected chi connectivity index (χ2v) is 9.36. The van der Waals surface area contributed by atoms with Crippen molar-refractivity contribution in [3.8, 4) is 17.6 Å². The van der Waals surface area contributed by atoms with E-state index in [1.165, 1.54) is 24.3 Å². The van der Waals surface area contributed by atoms with Gasteiger partial charge in [-0.05, 0) is 60.0 Å². The first-order valence-electron chi connectivity index (χ1n) is 11.4. The Morgan fingerprint density at radius 3 is 2.50 bits per heavy atom. The molecule has 0 radical (unpaired) electrons. The van der Waals surface area contributed by atoms with Gasteiger partial charge in [-0.25, -0.2) is 9.18 Å². The van der Waals surface area contributed by atoms with Crippen molar-refractivity contribution in [2.24, 2.45) is 5.10 Å². The van der Waals surface area contributed by atoms with Crippen LogP contribution in [0, 0.1) is 17.1 Å². The Morgan fingerprint density at radius 1 is 1.11 bits per heavy atom. The number of carbonyl (C=O) groups excluding carboxylic acids is 2. The summed E-state index contributed by atoms with van der Waals surface area (Å²) in [4.78, 5) is 27.1. The van der Waals surface area contributed by atoms with Crippen molar-refractivity contribution in [3.05, 3.63) is 99.4 Å². The van der Waals surface area contributed by atoms with Crippen LogP contribution < -0.4 is 15.1 Å². The SMILES string of the molecule is C=C1NC(=O)N(c2cc(Cl)c(Oc3ccc4c(c3)CCN(Cc3ccc(F)cc3)C4=O)c(Cl)c2)N=C1C#N. The normalized spacial score (nSPS) is 15.0. The number of carbonyl (C=O) groups is 2. The molecule has 0 saturated heterocycles. The highest BCUT2D eigenvalue weighted by Crippen LogP contribution is 2.41. The number of rotatable bonds is 5. The summed E-state index contributed by atoms with van der Waals surface area (Å²) in [5, 5.41) is 16.8. The minimum atomic E-state index is -0.623. The topological polar surface area (TPSA) is 98.0 Å². The van der Waals surface area contributed by atoms with Gasteiger partial charge in [0.1, 0.15) is 17.6 Å². The Morgan fingerprint density at radius 2 is 1.82 bits per heavy atom. The van der Waals surface area contributed by atoms with Gasteiger partial charge in [-0.1, -0.05) is 41.9 Å². The molecule has 0 saturated carbocycles. The summed E-state index contributed by atoms with van der Waals surface area (Å²) in [5.41, 5.74) is 2.48. The molecule has 0 aliphatic carbocycles. The number of fused-ring (bicyclic) bond motifs is 1. The van der Waals surface area contributed by atoms with E-state index in [1.807, 2.05) is 6.07 Å². The van der Waals surface area contributed by atoms with Crippen LogP contribution in [0.5, 0.6) is 11.5 Å². The fraction of sp³-hybridized carbons (Fsp3) is 0.111. The van der Waals surface area contributed by atoms with Gasteiger partial charge in [0, 0.05) is 18.7 Å². The van der Waals surface area contributed by atoms with E-state index in [0.717, 1.165) is 16.1 Å². The van der Waals surface area contributed by atoms with Gasteiger partial charge in [0.15, 0.2) is 11.5 Å². The highest BCUT2D eigenvalue weighted by atomic mass is 35.5. The third kappa shape index (κ3) is 4.92. The Balaban J connectivity index is 1.35. The summed E-state index contributed by atoms with van der Waals surface area (Å²) in [6.07, 6.45) is 0.606. The summed E-state index contributed by atoms with van der Waals surface area (Å²) in [5.74, 6) is 0.138. The first kappa shape index (κ1) is 25.3. The summed E-state index contributed by atoms with van der Waals surface area (Å²) >= 11 is 12.9. The third-order valence-electron chi connectivity index (χ3n) is 6.02. The lowest BCUT2D eigenvalue weighted by atomic mass is 9.98. The van der Waals surface area contributed by atoms with E-state index >= 15 is 0 Å². The van der Waals surface area contributed by atoms with Crippen LogP contribution in [0.2, 0.25) is 10.0 Å². The smallest absolute Gasteiger partial charge is 0.347 e. The number of ether oxygens (including phenoxy) is 1. The van der Waals surface area contributed by atoms with Crippen LogP contribution in [0.25, 0.3) is 0 Å². The number of amides is 3. The molecular weight excluding hydrogens is 532 g/mol. The molecule has 0 atom stereocenters. The first-order chi connectivity index (χ1) is 18.2. The number of nitrogens with zero attached hydrogens (tertiary/aromatic N) is 4. The van der Waals surface area contributed by atoms with Crippen LogP contribution in [0.3, 0.4) is 0 Å². The van der Waals surface area contributed by atoms with E-state index in [1.54, 1.807) is 35.2 Å². The van der Waals surface area contributed by atoms with Gasteiger partial charge in [0.2, 0.25) is 0 Å². The monoisotopic (exact) mass is 549 g/mol. The lowest BCUT2D eigenvalue weighted by molar-refractivity contribution is 0.0727. The zero-order valence-corrected chi connectivity index (χ0v) is 21.2. The number of urea groups is 1. The van der Waals surface area contributed by atoms with Crippen molar-refractivity contribution in [2.75, 3.05) is 11.6 Å². The molecule has 8 nitrogen and oxygen atoms in total. The van der Waals surface area contributed by atoms with Crippen LogP contribution in [0.4, 0.5) is 14.9 Å². The number of halogens is 3. The van der Waals surface area contributed by atoms with E-state index in [0.29, 0.717) is 30.8 Å². The van der Waals surface area contributed by atoms with Gasteiger partial charge in [-0.3, -0.25) is 4.79 Å². The predicted octanol–water partition coefficient (Wildman–Crippen LogP) is 6.05. The number of anilines is 1. The fourth-order valence-corrected chi connectivity index (χ4v) is 4.69. The van der Waals surface area contributed by atoms with Crippen LogP contribution in [0.15, 0.2) is 72.0 Å². The van der Waals surface area contributed by atoms with E-state index < -0.39 is 6.03 Å². The van der Waals surface area contributed by atoms with Crippen LogP contribution >= 0.6 is 23.2 Å². The molecule has 0 aromatic heterocycles. The maximum atomic E-state index is 13.2. The quantitative estimate of drug-likeness (QED) is 0.419. The average molecular weight is 550 g/mol. The molecule has 3 aromatic carbocycles. The molecule has 1 N–H and O–H groups in total. The summed E-state index contributed by atoms with van der Waals surface area (Å²) in [6.45, 7) is 4.47. The Kier molecular flexibility index (Phi) is 6.76. The lowest BCUT2D eigenvalue weighted by Gasteiger charge is -2.29. The zero-order valence-electron chi connectivity index (χ0n) is 19.7. The zero-order chi connectivity index (χ0) is 27.0. The predicted molar refractivity (Wildman–Crippen MR) is 141 cm³/mol. The van der Waals surface area contributed by atoms with Gasteiger partial charge in [0.05, 0.1) is 21.4 Å². The van der Waals surface area contributed by atoms with Crippen molar-refractivity contribution >= 4 is 46.5 Å². The first-order valence-corrected chi connectivity index (χ1v) is 12.1. The molecule has 0 fully saturated rings. The highest BCUT2D eigenvalue weighted by Gasteiger charge is 2.27. The lowest BCUT2D eigenvalue weighted by Crippen LogP contribution is -2.42. The molecule has 0 unspecified atom stereocenters. The van der Waals surface area contributed by atoms with Gasteiger partial charge in [-0.2, -0.15) is 15.4 Å². The summed E-state index contributed by atoms with van der Waals surface area (Å²) in [7, 11) is 0. The van der Waals surface area contributed by atoms with Gasteiger partial charge < -0.3 is 15.0 Å². The van der Waals surface area contributed by atoms with E-state index in [2.05, 4.69) is 17.0 Å². The molecule has 2 aliphatic heterocycles. The average Bonchev–Trinajstić information content (AvgIpc) is 2.89. The van der Waals surface area contributed by atoms with Gasteiger partial charge >= 0.3 is 6.03 Å². The number of allylic oxidation sites excluding steroid dienone is 1. The Bertz CT molecular complexity index is 1540. The second-order valence-electron chi connectivity index (χ2n) is 8.54. The fourth-order valence-electron chi connectivity index (χ4n) is 4.13. The maximum absolute atomic E-state index is 13.2. The minimum Gasteiger partial charge on any atom is -0.454 e. The largest absolute Gasteiger partial charge is 0.454 e. The molecule has 0 spiro atoms. The number of hydrogen-bond donors (Lipinski definition) is 1. The molecule has 11 heteroatoms. The molecule has 0 bridgehead atoms. The summed E-state index contributed by atoms with van der Waals surface area (Å²) in [6, 6.07) is 15.3. The highest BCUT2D eigenvalue weighted by molar-refractivity contribution is 6.37. The van der Waals surface area contributed by atoms with Gasteiger partial charge in [0.25, 0.3) is 5.91 Å². The Labute approximate surface area is 227 Å². The molecule has 3 amide bonds. The molecule has 38 heavy (non-hydrogen) atoms. The van der Waals surface area contributed by atoms with Crippen molar-refractivity contribution < 1.29 is 18.7 Å². The van der Waals surface area contributed by atoms with Gasteiger partial charge in [-0.15, -0.1) is 0 Å². The molecule has 3 aromatic rings. The van der Waals surface area contributed by atoms with Crippen molar-refractivity contribution in [1.29, 1.82) is 5.26 Å². The number of nitrogens with one attached hydrogen (secondary N) is 1. The maximum Gasteiger partial charge on any atom is 0.347 e. The van der Waals surface area contributed by atoms with E-state index in [4.69, 9.17) is 27.9 Å². The number of hydrazone groups is 1. The number of benzene rings is 3. The van der Waals surface area contributed by atoms with Crippen molar-refractivity contribution in [1.82, 2.24) is 10.2 Å². The van der Waals surface area contributed by atoms with Crippen molar-refractivity contribution in [3.63, 3.8) is 0 Å². The van der Waals surface area contributed by atoms with Crippen LogP contribution in [0.1, 0.15) is 21.5 Å². The van der Waals surface area contributed by atoms with Crippen molar-refractivity contribution in [2.45, 2.75) is 13.0 Å². The van der Waals surface area contributed by atoms with Crippen LogP contribution in [-0.2, 0) is 13.0 Å². The van der Waals surface area contributed by atoms with E-state index in [9.17, 15) is 19.2 Å². The number of nitriles is 1. The summed E-state index contributed by atoms with van der Waals surface area (Å²) < 4.78 is 19.2. The standard InChI is InChI=1S/C27H18Cl2FN5O3/c1-15-24(13-31)33-35(27(37)32-15)19-11-22(28)25(23(29)12-19)38-20-6-7-21-17(10-20)8-9-34(26(21)36)14-16-2-4-18(30)5-3-16/h2-7,10-12H,1,8-9,14H2,(H,32,37). The number of hydrogen-bond acceptors (Lipinski definition) is 5. The minimum absolute atomic E-state index is 0.0583.